The molecule has 6 heteroatoms. The Morgan fingerprint density at radius 1 is 0.919 bits per heavy atom. The van der Waals surface area contributed by atoms with Crippen LogP contribution in [0.15, 0.2) is 60.7 Å². The van der Waals surface area contributed by atoms with E-state index in [1.54, 1.807) is 0 Å². The molecule has 5 nitrogen and oxygen atoms in total. The van der Waals surface area contributed by atoms with Crippen molar-refractivity contribution in [2.45, 2.75) is 50.7 Å². The van der Waals surface area contributed by atoms with Gasteiger partial charge in [-0.1, -0.05) is 36.8 Å². The van der Waals surface area contributed by atoms with E-state index in [-0.39, 0.29) is 5.82 Å². The molecule has 0 aromatic heterocycles. The van der Waals surface area contributed by atoms with Crippen LogP contribution in [0.2, 0.25) is 0 Å². The Balaban J connectivity index is 1.10. The molecule has 0 bridgehead atoms. The van der Waals surface area contributed by atoms with Gasteiger partial charge in [-0.15, -0.1) is 0 Å². The van der Waals surface area contributed by atoms with Gasteiger partial charge in [-0.2, -0.15) is 5.26 Å². The SMILES string of the molecule is N#Cc1ccc2c(c1)COC2(CCCNCCCCCc1cccc2c1OCCO2)c1ccc(F)cc1. The molecular weight excluding hydrogens is 467 g/mol. The van der Waals surface area contributed by atoms with Gasteiger partial charge in [0.05, 0.1) is 18.2 Å². The summed E-state index contributed by atoms with van der Waals surface area (Å²) < 4.78 is 31.5. The van der Waals surface area contributed by atoms with Crippen LogP contribution in [0.25, 0.3) is 0 Å². The van der Waals surface area contributed by atoms with Gasteiger partial charge >= 0.3 is 0 Å². The third-order valence-corrected chi connectivity index (χ3v) is 7.28. The van der Waals surface area contributed by atoms with Gasteiger partial charge in [-0.25, -0.2) is 4.39 Å². The number of ether oxygens (including phenoxy) is 3. The highest BCUT2D eigenvalue weighted by Crippen LogP contribution is 2.45. The third kappa shape index (κ3) is 5.64. The Kier molecular flexibility index (Phi) is 8.03. The van der Waals surface area contributed by atoms with Crippen LogP contribution >= 0.6 is 0 Å². The molecule has 1 atom stereocenters. The minimum Gasteiger partial charge on any atom is -0.486 e. The molecule has 0 aliphatic carbocycles. The van der Waals surface area contributed by atoms with Crippen molar-refractivity contribution in [2.24, 2.45) is 0 Å². The molecule has 5 rings (SSSR count). The molecule has 2 aliphatic rings. The van der Waals surface area contributed by atoms with Crippen LogP contribution in [0.4, 0.5) is 4.39 Å². The van der Waals surface area contributed by atoms with Crippen LogP contribution in [-0.2, 0) is 23.4 Å². The highest BCUT2D eigenvalue weighted by Gasteiger charge is 2.41. The molecule has 1 unspecified atom stereocenters. The van der Waals surface area contributed by atoms with E-state index in [2.05, 4.69) is 17.5 Å². The molecule has 2 aliphatic heterocycles. The molecule has 1 N–H and O–H groups in total. The van der Waals surface area contributed by atoms with Gasteiger partial charge in [-0.3, -0.25) is 0 Å². The summed E-state index contributed by atoms with van der Waals surface area (Å²) in [5, 5.41) is 12.9. The van der Waals surface area contributed by atoms with Gasteiger partial charge in [0.15, 0.2) is 11.5 Å². The quantitative estimate of drug-likeness (QED) is 0.326. The largest absolute Gasteiger partial charge is 0.486 e. The van der Waals surface area contributed by atoms with Gasteiger partial charge < -0.3 is 19.5 Å². The van der Waals surface area contributed by atoms with Crippen molar-refractivity contribution < 1.29 is 18.6 Å². The Hall–Kier alpha value is -3.40. The number of para-hydroxylation sites is 1. The number of nitrogens with zero attached hydrogens (tertiary/aromatic N) is 1. The first-order valence-corrected chi connectivity index (χ1v) is 13.2. The van der Waals surface area contributed by atoms with Crippen LogP contribution in [0, 0.1) is 17.1 Å². The summed E-state index contributed by atoms with van der Waals surface area (Å²) in [6.07, 6.45) is 6.08. The first-order chi connectivity index (χ1) is 18.2. The fourth-order valence-corrected chi connectivity index (χ4v) is 5.43. The molecule has 3 aromatic carbocycles. The maximum atomic E-state index is 13.6. The van der Waals surface area contributed by atoms with Crippen LogP contribution in [0.5, 0.6) is 11.5 Å². The van der Waals surface area contributed by atoms with E-state index in [4.69, 9.17) is 14.2 Å². The Morgan fingerprint density at radius 2 is 1.76 bits per heavy atom. The van der Waals surface area contributed by atoms with E-state index in [1.807, 2.05) is 42.5 Å². The van der Waals surface area contributed by atoms with Crippen LogP contribution in [0.1, 0.15) is 59.9 Å². The van der Waals surface area contributed by atoms with Crippen molar-refractivity contribution in [3.8, 4) is 17.6 Å². The zero-order valence-corrected chi connectivity index (χ0v) is 21.1. The Labute approximate surface area is 218 Å². The number of hydrogen-bond donors (Lipinski definition) is 1. The summed E-state index contributed by atoms with van der Waals surface area (Å²) in [4.78, 5) is 0. The predicted molar refractivity (Wildman–Crippen MR) is 140 cm³/mol. The second-order valence-electron chi connectivity index (χ2n) is 9.71. The van der Waals surface area contributed by atoms with Crippen molar-refractivity contribution >= 4 is 0 Å². The van der Waals surface area contributed by atoms with E-state index >= 15 is 0 Å². The summed E-state index contributed by atoms with van der Waals surface area (Å²) in [5.74, 6) is 1.52. The van der Waals surface area contributed by atoms with Gasteiger partial charge in [0, 0.05) is 0 Å². The number of unbranched alkanes of at least 4 members (excludes halogenated alkanes) is 2. The third-order valence-electron chi connectivity index (χ3n) is 7.28. The van der Waals surface area contributed by atoms with Crippen molar-refractivity contribution in [1.29, 1.82) is 5.26 Å². The summed E-state index contributed by atoms with van der Waals surface area (Å²) >= 11 is 0. The highest BCUT2D eigenvalue weighted by atomic mass is 19.1. The minimum absolute atomic E-state index is 0.258. The summed E-state index contributed by atoms with van der Waals surface area (Å²) in [6, 6.07) is 20.7. The van der Waals surface area contributed by atoms with Crippen molar-refractivity contribution in [3.05, 3.63) is 94.3 Å². The lowest BCUT2D eigenvalue weighted by Crippen LogP contribution is -2.29. The van der Waals surface area contributed by atoms with E-state index < -0.39 is 5.60 Å². The minimum atomic E-state index is -0.612. The topological polar surface area (TPSA) is 63.5 Å². The molecule has 3 aromatic rings. The molecule has 0 saturated carbocycles. The zero-order valence-electron chi connectivity index (χ0n) is 21.1. The van der Waals surface area contributed by atoms with Gasteiger partial charge in [0.1, 0.15) is 24.6 Å². The van der Waals surface area contributed by atoms with E-state index in [1.165, 1.54) is 17.7 Å². The highest BCUT2D eigenvalue weighted by molar-refractivity contribution is 5.48. The lowest BCUT2D eigenvalue weighted by atomic mass is 9.81. The van der Waals surface area contributed by atoms with Crippen molar-refractivity contribution in [2.75, 3.05) is 26.3 Å². The van der Waals surface area contributed by atoms with E-state index in [9.17, 15) is 9.65 Å². The number of aryl methyl sites for hydroxylation is 1. The fourth-order valence-electron chi connectivity index (χ4n) is 5.43. The molecular formula is C31H33FN2O3. The van der Waals surface area contributed by atoms with E-state index in [0.717, 1.165) is 79.8 Å². The fraction of sp³-hybridized carbons (Fsp3) is 0.387. The van der Waals surface area contributed by atoms with Crippen molar-refractivity contribution in [1.82, 2.24) is 5.32 Å². The molecule has 0 fully saturated rings. The molecule has 2 heterocycles. The maximum Gasteiger partial charge on any atom is 0.164 e. The van der Waals surface area contributed by atoms with Crippen LogP contribution in [0.3, 0.4) is 0 Å². The molecule has 0 spiro atoms. The smallest absolute Gasteiger partial charge is 0.164 e. The molecule has 37 heavy (non-hydrogen) atoms. The Bertz CT molecular complexity index is 1250. The molecule has 0 saturated heterocycles. The van der Waals surface area contributed by atoms with Crippen LogP contribution < -0.4 is 14.8 Å². The summed E-state index contributed by atoms with van der Waals surface area (Å²) in [7, 11) is 0. The summed E-state index contributed by atoms with van der Waals surface area (Å²) in [6.45, 7) is 3.55. The van der Waals surface area contributed by atoms with Crippen molar-refractivity contribution in [3.63, 3.8) is 0 Å². The first kappa shape index (κ1) is 25.3. The maximum absolute atomic E-state index is 13.6. The lowest BCUT2D eigenvalue weighted by Gasteiger charge is -2.30. The number of rotatable bonds is 11. The second-order valence-corrected chi connectivity index (χ2v) is 9.71. The Morgan fingerprint density at radius 3 is 2.62 bits per heavy atom. The number of nitriles is 1. The van der Waals surface area contributed by atoms with E-state index in [0.29, 0.717) is 25.4 Å². The second kappa shape index (κ2) is 11.8. The monoisotopic (exact) mass is 500 g/mol. The van der Waals surface area contributed by atoms with Crippen LogP contribution in [-0.4, -0.2) is 26.3 Å². The number of fused-ring (bicyclic) bond motifs is 2. The van der Waals surface area contributed by atoms with Gasteiger partial charge in [0.2, 0.25) is 0 Å². The zero-order chi connectivity index (χ0) is 25.5. The number of hydrogen-bond acceptors (Lipinski definition) is 5. The van der Waals surface area contributed by atoms with Gasteiger partial charge in [0.25, 0.3) is 0 Å². The predicted octanol–water partition coefficient (Wildman–Crippen LogP) is 6.03. The average molecular weight is 501 g/mol. The standard InChI is InChI=1S/C31H33FN2O3/c32-27-12-10-26(11-13-27)31(28-14-9-23(21-33)20-25(28)22-37-31)15-5-17-34-16-3-1-2-6-24-7-4-8-29-30(24)36-19-18-35-29/h4,7-14,20,34H,1-3,5-6,15-19,22H2. The number of nitrogens with one attached hydrogen (secondary N) is 1. The first-order valence-electron chi connectivity index (χ1n) is 13.2. The normalized spacial score (nSPS) is 17.8. The lowest BCUT2D eigenvalue weighted by molar-refractivity contribution is -0.0129. The van der Waals surface area contributed by atoms with Gasteiger partial charge in [-0.05, 0) is 97.8 Å². The molecule has 0 amide bonds. The number of halogens is 1. The molecule has 192 valence electrons. The molecule has 0 radical (unpaired) electrons. The summed E-state index contributed by atoms with van der Waals surface area (Å²) in [5.41, 5.74) is 4.32. The average Bonchev–Trinajstić information content (AvgIpc) is 3.31. The number of benzene rings is 3.